The Kier molecular flexibility index (Phi) is 3.84. The van der Waals surface area contributed by atoms with Gasteiger partial charge >= 0.3 is 0 Å². The number of hydrogen-bond acceptors (Lipinski definition) is 2. The van der Waals surface area contributed by atoms with Crippen molar-refractivity contribution >= 4 is 21.8 Å². The zero-order chi connectivity index (χ0) is 12.3. The van der Waals surface area contributed by atoms with Crippen LogP contribution in [0.5, 0.6) is 0 Å². The van der Waals surface area contributed by atoms with Gasteiger partial charge in [0.15, 0.2) is 0 Å². The van der Waals surface area contributed by atoms with Gasteiger partial charge in [0.05, 0.1) is 5.54 Å². The zero-order valence-corrected chi connectivity index (χ0v) is 11.4. The molecular formula is C13H16BrNO2. The molecule has 4 heteroatoms. The van der Waals surface area contributed by atoms with E-state index >= 15 is 0 Å². The fourth-order valence-electron chi connectivity index (χ4n) is 2.33. The Morgan fingerprint density at radius 3 is 2.71 bits per heavy atom. The van der Waals surface area contributed by atoms with E-state index in [1.165, 1.54) is 0 Å². The lowest BCUT2D eigenvalue weighted by Crippen LogP contribution is -2.48. The fourth-order valence-corrected chi connectivity index (χ4v) is 2.73. The van der Waals surface area contributed by atoms with Gasteiger partial charge in [0.2, 0.25) is 5.91 Å². The van der Waals surface area contributed by atoms with Gasteiger partial charge in [-0.15, -0.1) is 0 Å². The molecule has 1 fully saturated rings. The van der Waals surface area contributed by atoms with Crippen LogP contribution < -0.4 is 5.32 Å². The molecule has 0 aliphatic carbocycles. The van der Waals surface area contributed by atoms with Gasteiger partial charge in [0, 0.05) is 24.6 Å². The minimum absolute atomic E-state index is 0.00637. The lowest BCUT2D eigenvalue weighted by atomic mass is 9.82. The van der Waals surface area contributed by atoms with Crippen LogP contribution in [0.3, 0.4) is 0 Å². The smallest absolute Gasteiger partial charge is 0.217 e. The maximum atomic E-state index is 11.4. The van der Waals surface area contributed by atoms with Crippen molar-refractivity contribution in [2.24, 2.45) is 0 Å². The van der Waals surface area contributed by atoms with Crippen LogP contribution in [0, 0.1) is 0 Å². The molecule has 2 rings (SSSR count). The van der Waals surface area contributed by atoms with Gasteiger partial charge in [-0.05, 0) is 30.5 Å². The third-order valence-corrected chi connectivity index (χ3v) is 3.63. The van der Waals surface area contributed by atoms with Gasteiger partial charge in [-0.3, -0.25) is 4.79 Å². The molecule has 1 saturated heterocycles. The highest BCUT2D eigenvalue weighted by Gasteiger charge is 2.35. The van der Waals surface area contributed by atoms with E-state index in [0.717, 1.165) is 22.9 Å². The average Bonchev–Trinajstić information content (AvgIpc) is 2.29. The van der Waals surface area contributed by atoms with Gasteiger partial charge in [0.25, 0.3) is 0 Å². The maximum absolute atomic E-state index is 11.4. The predicted molar refractivity (Wildman–Crippen MR) is 69.7 cm³/mol. The topological polar surface area (TPSA) is 38.3 Å². The third kappa shape index (κ3) is 2.87. The van der Waals surface area contributed by atoms with E-state index in [-0.39, 0.29) is 11.4 Å². The molecule has 1 aliphatic rings. The Morgan fingerprint density at radius 2 is 2.12 bits per heavy atom. The van der Waals surface area contributed by atoms with E-state index in [1.807, 2.05) is 12.1 Å². The second kappa shape index (κ2) is 5.19. The first kappa shape index (κ1) is 12.6. The summed E-state index contributed by atoms with van der Waals surface area (Å²) < 4.78 is 6.43. The first-order valence-electron chi connectivity index (χ1n) is 5.75. The molecule has 0 saturated carbocycles. The van der Waals surface area contributed by atoms with Crippen LogP contribution in [0.4, 0.5) is 0 Å². The second-order valence-corrected chi connectivity index (χ2v) is 5.30. The van der Waals surface area contributed by atoms with Crippen molar-refractivity contribution < 1.29 is 9.53 Å². The monoisotopic (exact) mass is 297 g/mol. The molecule has 1 amide bonds. The highest BCUT2D eigenvalue weighted by molar-refractivity contribution is 9.10. The summed E-state index contributed by atoms with van der Waals surface area (Å²) in [6.45, 7) is 2.94. The maximum Gasteiger partial charge on any atom is 0.217 e. The Hall–Kier alpha value is -0.870. The molecule has 0 unspecified atom stereocenters. The van der Waals surface area contributed by atoms with Crippen molar-refractivity contribution in [1.29, 1.82) is 0 Å². The number of ether oxygens (including phenoxy) is 1. The highest BCUT2D eigenvalue weighted by Crippen LogP contribution is 2.33. The molecule has 1 aromatic carbocycles. The molecule has 1 aliphatic heterocycles. The SMILES string of the molecule is CC(=O)NC1(c2cccc(Br)c2)CCOCC1. The number of amides is 1. The zero-order valence-electron chi connectivity index (χ0n) is 9.83. The van der Waals surface area contributed by atoms with E-state index < -0.39 is 0 Å². The lowest BCUT2D eigenvalue weighted by molar-refractivity contribution is -0.122. The minimum Gasteiger partial charge on any atom is -0.381 e. The van der Waals surface area contributed by atoms with E-state index in [9.17, 15) is 4.79 Å². The van der Waals surface area contributed by atoms with Crippen molar-refractivity contribution in [2.45, 2.75) is 25.3 Å². The average molecular weight is 298 g/mol. The molecule has 0 bridgehead atoms. The van der Waals surface area contributed by atoms with Crippen LogP contribution in [0.2, 0.25) is 0 Å². The Labute approximate surface area is 110 Å². The molecule has 0 radical (unpaired) electrons. The van der Waals surface area contributed by atoms with Crippen LogP contribution >= 0.6 is 15.9 Å². The van der Waals surface area contributed by atoms with Crippen molar-refractivity contribution in [3.05, 3.63) is 34.3 Å². The molecule has 0 aromatic heterocycles. The molecule has 0 atom stereocenters. The van der Waals surface area contributed by atoms with E-state index in [1.54, 1.807) is 6.92 Å². The van der Waals surface area contributed by atoms with Gasteiger partial charge in [0.1, 0.15) is 0 Å². The summed E-state index contributed by atoms with van der Waals surface area (Å²) in [5.41, 5.74) is 0.874. The van der Waals surface area contributed by atoms with Crippen LogP contribution in [-0.2, 0) is 15.1 Å². The molecule has 1 heterocycles. The molecular weight excluding hydrogens is 282 g/mol. The number of carbonyl (C=O) groups is 1. The van der Waals surface area contributed by atoms with Crippen molar-refractivity contribution in [3.63, 3.8) is 0 Å². The minimum atomic E-state index is -0.270. The summed E-state index contributed by atoms with van der Waals surface area (Å²) in [7, 11) is 0. The Balaban J connectivity index is 2.35. The summed E-state index contributed by atoms with van der Waals surface area (Å²) in [6, 6.07) is 8.12. The van der Waals surface area contributed by atoms with Crippen LogP contribution in [0.1, 0.15) is 25.3 Å². The molecule has 17 heavy (non-hydrogen) atoms. The van der Waals surface area contributed by atoms with Crippen molar-refractivity contribution in [1.82, 2.24) is 5.32 Å². The molecule has 92 valence electrons. The lowest BCUT2D eigenvalue weighted by Gasteiger charge is -2.38. The molecule has 0 spiro atoms. The third-order valence-electron chi connectivity index (χ3n) is 3.14. The normalized spacial score (nSPS) is 18.7. The quantitative estimate of drug-likeness (QED) is 0.911. The van der Waals surface area contributed by atoms with E-state index in [4.69, 9.17) is 4.74 Å². The largest absolute Gasteiger partial charge is 0.381 e. The van der Waals surface area contributed by atoms with Gasteiger partial charge < -0.3 is 10.1 Å². The van der Waals surface area contributed by atoms with Crippen LogP contribution in [0.15, 0.2) is 28.7 Å². The number of carbonyl (C=O) groups excluding carboxylic acids is 1. The molecule has 1 aromatic rings. The summed E-state index contributed by atoms with van der Waals surface area (Å²) in [6.07, 6.45) is 1.64. The number of benzene rings is 1. The summed E-state index contributed by atoms with van der Waals surface area (Å²) in [4.78, 5) is 11.4. The molecule has 1 N–H and O–H groups in total. The van der Waals surface area contributed by atoms with Crippen LogP contribution in [0.25, 0.3) is 0 Å². The number of rotatable bonds is 2. The van der Waals surface area contributed by atoms with Crippen LogP contribution in [-0.4, -0.2) is 19.1 Å². The second-order valence-electron chi connectivity index (χ2n) is 4.39. The molecule has 3 nitrogen and oxygen atoms in total. The van der Waals surface area contributed by atoms with E-state index in [2.05, 4.69) is 33.4 Å². The highest BCUT2D eigenvalue weighted by atomic mass is 79.9. The van der Waals surface area contributed by atoms with Gasteiger partial charge in [-0.2, -0.15) is 0 Å². The fraction of sp³-hybridized carbons (Fsp3) is 0.462. The van der Waals surface area contributed by atoms with Crippen molar-refractivity contribution in [2.75, 3.05) is 13.2 Å². The number of nitrogens with one attached hydrogen (secondary N) is 1. The summed E-state index contributed by atoms with van der Waals surface area (Å²) in [5, 5.41) is 3.10. The number of halogens is 1. The first-order valence-corrected chi connectivity index (χ1v) is 6.54. The first-order chi connectivity index (χ1) is 8.12. The van der Waals surface area contributed by atoms with E-state index in [0.29, 0.717) is 13.2 Å². The Morgan fingerprint density at radius 1 is 1.41 bits per heavy atom. The predicted octanol–water partition coefficient (Wildman–Crippen LogP) is 2.59. The number of hydrogen-bond donors (Lipinski definition) is 1. The van der Waals surface area contributed by atoms with Crippen molar-refractivity contribution in [3.8, 4) is 0 Å². The van der Waals surface area contributed by atoms with Gasteiger partial charge in [-0.1, -0.05) is 28.1 Å². The summed E-state index contributed by atoms with van der Waals surface area (Å²) in [5.74, 6) is 0.00637. The standard InChI is InChI=1S/C13H16BrNO2/c1-10(16)15-13(5-7-17-8-6-13)11-3-2-4-12(14)9-11/h2-4,9H,5-8H2,1H3,(H,15,16). The summed E-state index contributed by atoms with van der Waals surface area (Å²) >= 11 is 3.48. The Bertz CT molecular complexity index is 414. The van der Waals surface area contributed by atoms with Gasteiger partial charge in [-0.25, -0.2) is 0 Å².